The number of rotatable bonds is 18. The lowest BCUT2D eigenvalue weighted by Gasteiger charge is -1.98. The van der Waals surface area contributed by atoms with Crippen LogP contribution in [0.25, 0.3) is 0 Å². The van der Waals surface area contributed by atoms with Gasteiger partial charge in [-0.25, -0.2) is 0 Å². The maximum atomic E-state index is 9.05. The van der Waals surface area contributed by atoms with E-state index < -0.39 is 0 Å². The molecule has 0 aromatic rings. The summed E-state index contributed by atoms with van der Waals surface area (Å²) in [5, 5.41) is 18.1. The van der Waals surface area contributed by atoms with Crippen molar-refractivity contribution in [3.05, 3.63) is 154 Å². The highest BCUT2D eigenvalue weighted by Crippen LogP contribution is 2.09. The maximum Gasteiger partial charge on any atom is 0.0639 e. The van der Waals surface area contributed by atoms with Gasteiger partial charge in [0.2, 0.25) is 0 Å². The van der Waals surface area contributed by atoms with Gasteiger partial charge >= 0.3 is 0 Å². The highest BCUT2D eigenvalue weighted by Gasteiger charge is 1.90. The molecule has 0 amide bonds. The fraction of sp³-hybridized carbons (Fsp3) is 0.350. The highest BCUT2D eigenvalue weighted by atomic mass is 16.3. The lowest BCUT2D eigenvalue weighted by Crippen LogP contribution is -1.84. The molecule has 2 nitrogen and oxygen atoms in total. The van der Waals surface area contributed by atoms with Crippen molar-refractivity contribution in [3.63, 3.8) is 0 Å². The van der Waals surface area contributed by atoms with Crippen molar-refractivity contribution < 1.29 is 10.2 Å². The number of hydrogen-bond donors (Lipinski definition) is 2. The fourth-order valence-electron chi connectivity index (χ4n) is 3.46. The van der Waals surface area contributed by atoms with E-state index in [9.17, 15) is 0 Å². The van der Waals surface area contributed by atoms with E-state index in [4.69, 9.17) is 10.2 Å². The van der Waals surface area contributed by atoms with E-state index in [2.05, 4.69) is 151 Å². The summed E-state index contributed by atoms with van der Waals surface area (Å²) in [6, 6.07) is 0. The summed E-state index contributed by atoms with van der Waals surface area (Å²) in [7, 11) is 0. The minimum Gasteiger partial charge on any atom is -0.392 e. The smallest absolute Gasteiger partial charge is 0.0639 e. The molecule has 2 N–H and O–H groups in total. The van der Waals surface area contributed by atoms with E-state index in [0.29, 0.717) is 0 Å². The Morgan fingerprint density at radius 2 is 0.667 bits per heavy atom. The average molecular weight is 569 g/mol. The van der Waals surface area contributed by atoms with E-state index in [0.717, 1.165) is 36.8 Å². The molecule has 0 saturated heterocycles. The molecular weight excluding hydrogens is 512 g/mol. The second kappa shape index (κ2) is 25.3. The van der Waals surface area contributed by atoms with Crippen LogP contribution in [0.5, 0.6) is 0 Å². The third-order valence-electron chi connectivity index (χ3n) is 6.31. The Bertz CT molecular complexity index is 1100. The highest BCUT2D eigenvalue weighted by molar-refractivity contribution is 5.32. The Morgan fingerprint density at radius 3 is 0.976 bits per heavy atom. The molecule has 0 unspecified atom stereocenters. The van der Waals surface area contributed by atoms with Crippen LogP contribution in [0.4, 0.5) is 0 Å². The molecule has 0 bridgehead atoms. The standard InChI is InChI=1S/C40H56O2/c1-33(19-11-21-35(3)23-13-25-37(5)27-15-29-39(7)31-41)17-9-10-18-34(2)20-12-22-36(4)24-14-26-38(6)28-16-30-40(8)32-42/h9-14,17-26,29-30,41-42H,15-16,27-28,31-32H2,1-8H3/b10-9+,19-11+,20-12+,23-13+,24-14+,33-17+,34-18+,35-21+,36-22+,37-25+,38-26+,39-29+,40-30+. The van der Waals surface area contributed by atoms with E-state index in [-0.39, 0.29) is 13.2 Å². The average Bonchev–Trinajstić information content (AvgIpc) is 2.95. The molecule has 0 fully saturated rings. The van der Waals surface area contributed by atoms with Crippen LogP contribution in [-0.2, 0) is 0 Å². The molecule has 0 saturated carbocycles. The van der Waals surface area contributed by atoms with Crippen LogP contribution in [0.3, 0.4) is 0 Å². The largest absolute Gasteiger partial charge is 0.392 e. The van der Waals surface area contributed by atoms with Crippen molar-refractivity contribution in [1.82, 2.24) is 0 Å². The summed E-state index contributed by atoms with van der Waals surface area (Å²) in [5.41, 5.74) is 9.49. The molecule has 0 aromatic carbocycles. The van der Waals surface area contributed by atoms with Gasteiger partial charge in [-0.1, -0.05) is 154 Å². The first-order valence-corrected chi connectivity index (χ1v) is 15.0. The van der Waals surface area contributed by atoms with Gasteiger partial charge in [0, 0.05) is 0 Å². The third-order valence-corrected chi connectivity index (χ3v) is 6.31. The molecule has 0 aliphatic carbocycles. The van der Waals surface area contributed by atoms with Gasteiger partial charge in [-0.2, -0.15) is 0 Å². The summed E-state index contributed by atoms with van der Waals surface area (Å²) in [5.74, 6) is 0. The molecule has 0 atom stereocenters. The van der Waals surface area contributed by atoms with Crippen LogP contribution in [0, 0.1) is 0 Å². The number of allylic oxidation sites excluding steroid dienone is 24. The zero-order valence-corrected chi connectivity index (χ0v) is 27.5. The molecule has 228 valence electrons. The molecule has 0 radical (unpaired) electrons. The van der Waals surface area contributed by atoms with E-state index >= 15 is 0 Å². The molecular formula is C40H56O2. The van der Waals surface area contributed by atoms with Crippen molar-refractivity contribution >= 4 is 0 Å². The Kier molecular flexibility index (Phi) is 23.2. The topological polar surface area (TPSA) is 40.5 Å². The van der Waals surface area contributed by atoms with E-state index in [1.165, 1.54) is 33.4 Å². The van der Waals surface area contributed by atoms with Gasteiger partial charge < -0.3 is 10.2 Å². The van der Waals surface area contributed by atoms with Crippen LogP contribution >= 0.6 is 0 Å². The molecule has 0 aromatic heterocycles. The van der Waals surface area contributed by atoms with Crippen molar-refractivity contribution in [3.8, 4) is 0 Å². The van der Waals surface area contributed by atoms with Gasteiger partial charge in [-0.05, 0) is 81.1 Å². The Labute approximate surface area is 258 Å². The summed E-state index contributed by atoms with van der Waals surface area (Å²) >= 11 is 0. The van der Waals surface area contributed by atoms with Gasteiger partial charge in [0.1, 0.15) is 0 Å². The lowest BCUT2D eigenvalue weighted by molar-refractivity contribution is 0.330. The summed E-state index contributed by atoms with van der Waals surface area (Å²) in [6.07, 6.45) is 41.9. The zero-order chi connectivity index (χ0) is 31.6. The van der Waals surface area contributed by atoms with Crippen molar-refractivity contribution in [2.75, 3.05) is 13.2 Å². The van der Waals surface area contributed by atoms with Crippen LogP contribution in [0.1, 0.15) is 81.1 Å². The van der Waals surface area contributed by atoms with Crippen LogP contribution < -0.4 is 0 Å². The summed E-state index contributed by atoms with van der Waals surface area (Å²) in [6.45, 7) is 16.9. The first-order valence-electron chi connectivity index (χ1n) is 15.0. The SMILES string of the molecule is CC(/C=C/C=C(C)/C=C/C=C(\C)CC/C=C(\C)CO)=C\C=C\C=C(C)\C=C\C=C(C)\C=C\C=C(/C)CC/C=C(\C)CO. The van der Waals surface area contributed by atoms with Gasteiger partial charge in [-0.15, -0.1) is 0 Å². The van der Waals surface area contributed by atoms with Crippen molar-refractivity contribution in [1.29, 1.82) is 0 Å². The monoisotopic (exact) mass is 568 g/mol. The minimum atomic E-state index is 0.141. The van der Waals surface area contributed by atoms with E-state index in [1.54, 1.807) is 0 Å². The first-order chi connectivity index (χ1) is 20.1. The lowest BCUT2D eigenvalue weighted by atomic mass is 10.1. The Balaban J connectivity index is 4.70. The molecule has 42 heavy (non-hydrogen) atoms. The van der Waals surface area contributed by atoms with Gasteiger partial charge in [0.05, 0.1) is 13.2 Å². The molecule has 0 spiro atoms. The Morgan fingerprint density at radius 1 is 0.381 bits per heavy atom. The van der Waals surface area contributed by atoms with Gasteiger partial charge in [0.25, 0.3) is 0 Å². The first kappa shape index (κ1) is 38.5. The number of hydrogen-bond acceptors (Lipinski definition) is 2. The van der Waals surface area contributed by atoms with Gasteiger partial charge in [0.15, 0.2) is 0 Å². The number of aliphatic hydroxyl groups excluding tert-OH is 2. The summed E-state index contributed by atoms with van der Waals surface area (Å²) < 4.78 is 0. The molecule has 0 rings (SSSR count). The predicted molar refractivity (Wildman–Crippen MR) is 188 cm³/mol. The summed E-state index contributed by atoms with van der Waals surface area (Å²) in [4.78, 5) is 0. The van der Waals surface area contributed by atoms with Crippen molar-refractivity contribution in [2.45, 2.75) is 81.1 Å². The molecule has 0 heterocycles. The normalized spacial score (nSPS) is 16.1. The van der Waals surface area contributed by atoms with Crippen LogP contribution in [0.15, 0.2) is 154 Å². The number of aliphatic hydroxyl groups is 2. The molecule has 2 heteroatoms. The molecule has 0 aliphatic heterocycles. The fourth-order valence-corrected chi connectivity index (χ4v) is 3.46. The Hall–Kier alpha value is -3.46. The minimum absolute atomic E-state index is 0.141. The third kappa shape index (κ3) is 24.3. The zero-order valence-electron chi connectivity index (χ0n) is 27.5. The maximum absolute atomic E-state index is 9.05. The van der Waals surface area contributed by atoms with E-state index in [1.807, 2.05) is 13.8 Å². The van der Waals surface area contributed by atoms with Gasteiger partial charge in [-0.3, -0.25) is 0 Å². The molecule has 0 aliphatic rings. The predicted octanol–water partition coefficient (Wildman–Crippen LogP) is 10.9. The van der Waals surface area contributed by atoms with Crippen LogP contribution in [0.2, 0.25) is 0 Å². The second-order valence-corrected chi connectivity index (χ2v) is 11.0. The second-order valence-electron chi connectivity index (χ2n) is 11.0. The quantitative estimate of drug-likeness (QED) is 0.127. The van der Waals surface area contributed by atoms with Crippen LogP contribution in [-0.4, -0.2) is 23.4 Å². The van der Waals surface area contributed by atoms with Crippen molar-refractivity contribution in [2.24, 2.45) is 0 Å².